The molecule has 0 radical (unpaired) electrons. The molecule has 8 nitrogen and oxygen atoms in total. The lowest BCUT2D eigenvalue weighted by molar-refractivity contribution is -0.130. The van der Waals surface area contributed by atoms with Gasteiger partial charge in [0.2, 0.25) is 17.7 Å². The Balaban J connectivity index is 1.38. The largest absolute Gasteiger partial charge is 0.497 e. The van der Waals surface area contributed by atoms with Crippen LogP contribution >= 0.6 is 0 Å². The molecule has 8 heteroatoms. The third-order valence-corrected chi connectivity index (χ3v) is 8.30. The Kier molecular flexibility index (Phi) is 4.81. The number of carbonyl (C=O) groups is 3. The number of H-pyrrole nitrogens is 1. The Labute approximate surface area is 219 Å². The number of methoxy groups -OCH3 is 1. The number of anilines is 2. The number of nitrogens with one attached hydrogen (secondary N) is 3. The molecule has 3 aliphatic rings. The van der Waals surface area contributed by atoms with Crippen LogP contribution in [0.25, 0.3) is 10.9 Å². The van der Waals surface area contributed by atoms with Crippen molar-refractivity contribution >= 4 is 40.0 Å². The van der Waals surface area contributed by atoms with Crippen LogP contribution in [0.15, 0.2) is 72.9 Å². The second kappa shape index (κ2) is 8.03. The summed E-state index contributed by atoms with van der Waals surface area (Å²) in [5.41, 5.74) is 3.47. The number of carbonyl (C=O) groups excluding carboxylic acids is 3. The number of fused-ring (bicyclic) bond motifs is 5. The third kappa shape index (κ3) is 2.98. The highest BCUT2D eigenvalue weighted by Crippen LogP contribution is 2.54. The summed E-state index contributed by atoms with van der Waals surface area (Å²) in [6, 6.07) is 20.2. The Morgan fingerprint density at radius 1 is 0.974 bits per heavy atom. The van der Waals surface area contributed by atoms with Crippen molar-refractivity contribution in [2.75, 3.05) is 17.3 Å². The van der Waals surface area contributed by atoms with Crippen molar-refractivity contribution in [3.63, 3.8) is 0 Å². The summed E-state index contributed by atoms with van der Waals surface area (Å²) in [6.45, 7) is 1.96. The Bertz CT molecular complexity index is 1660. The van der Waals surface area contributed by atoms with Crippen LogP contribution in [0.3, 0.4) is 0 Å². The van der Waals surface area contributed by atoms with Crippen molar-refractivity contribution in [1.29, 1.82) is 0 Å². The minimum Gasteiger partial charge on any atom is -0.497 e. The number of nitrogens with zero attached hydrogens (tertiary/aromatic N) is 1. The summed E-state index contributed by atoms with van der Waals surface area (Å²) in [5, 5.41) is 7.57. The molecule has 3 aliphatic heterocycles. The molecule has 7 rings (SSSR count). The maximum absolute atomic E-state index is 14.2. The minimum atomic E-state index is -1.34. The molecule has 0 aliphatic carbocycles. The summed E-state index contributed by atoms with van der Waals surface area (Å²) >= 11 is 0. The van der Waals surface area contributed by atoms with Gasteiger partial charge in [-0.1, -0.05) is 42.0 Å². The second-order valence-corrected chi connectivity index (χ2v) is 10.3. The fourth-order valence-corrected chi connectivity index (χ4v) is 6.63. The molecule has 0 saturated carbocycles. The van der Waals surface area contributed by atoms with Gasteiger partial charge in [-0.2, -0.15) is 0 Å². The summed E-state index contributed by atoms with van der Waals surface area (Å²) in [7, 11) is 1.54. The molecule has 0 bridgehead atoms. The number of benzene rings is 3. The van der Waals surface area contributed by atoms with Crippen molar-refractivity contribution in [2.24, 2.45) is 11.8 Å². The lowest BCUT2D eigenvalue weighted by Crippen LogP contribution is -2.53. The van der Waals surface area contributed by atoms with E-state index in [0.717, 1.165) is 22.0 Å². The Morgan fingerprint density at radius 3 is 2.66 bits per heavy atom. The lowest BCUT2D eigenvalue weighted by atomic mass is 9.76. The molecule has 3 amide bonds. The van der Waals surface area contributed by atoms with Gasteiger partial charge in [-0.25, -0.2) is 4.90 Å². The number of aryl methyl sites for hydroxylation is 1. The van der Waals surface area contributed by atoms with Crippen LogP contribution in [0, 0.1) is 18.8 Å². The fourth-order valence-electron chi connectivity index (χ4n) is 6.63. The number of rotatable bonds is 4. The van der Waals surface area contributed by atoms with Gasteiger partial charge < -0.3 is 15.0 Å². The zero-order chi connectivity index (χ0) is 26.2. The lowest BCUT2D eigenvalue weighted by Gasteiger charge is -2.29. The van der Waals surface area contributed by atoms with Crippen LogP contribution in [0.4, 0.5) is 11.4 Å². The molecule has 0 unspecified atom stereocenters. The molecule has 1 aromatic heterocycles. The van der Waals surface area contributed by atoms with Gasteiger partial charge in [-0.15, -0.1) is 0 Å². The van der Waals surface area contributed by atoms with E-state index in [9.17, 15) is 14.4 Å². The first-order valence-corrected chi connectivity index (χ1v) is 12.7. The maximum atomic E-state index is 14.2. The van der Waals surface area contributed by atoms with E-state index in [1.807, 2.05) is 55.6 Å². The van der Waals surface area contributed by atoms with E-state index in [2.05, 4.69) is 15.6 Å². The van der Waals surface area contributed by atoms with Crippen LogP contribution in [-0.2, 0) is 26.3 Å². The third-order valence-electron chi connectivity index (χ3n) is 8.30. The van der Waals surface area contributed by atoms with Crippen molar-refractivity contribution in [1.82, 2.24) is 10.3 Å². The number of ether oxygens (including phenoxy) is 1. The van der Waals surface area contributed by atoms with Crippen LogP contribution in [-0.4, -0.2) is 35.9 Å². The predicted molar refractivity (Wildman–Crippen MR) is 143 cm³/mol. The second-order valence-electron chi connectivity index (χ2n) is 10.3. The molecule has 3 aromatic carbocycles. The number of aromatic nitrogens is 1. The first kappa shape index (κ1) is 22.7. The summed E-state index contributed by atoms with van der Waals surface area (Å²) < 4.78 is 5.35. The molecular formula is C30H26N4O4. The zero-order valence-electron chi connectivity index (χ0n) is 20.9. The van der Waals surface area contributed by atoms with Gasteiger partial charge in [0.05, 0.1) is 24.6 Å². The highest BCUT2D eigenvalue weighted by molar-refractivity contribution is 6.26. The topological polar surface area (TPSA) is 104 Å². The van der Waals surface area contributed by atoms with Gasteiger partial charge in [-0.3, -0.25) is 19.7 Å². The van der Waals surface area contributed by atoms with Crippen molar-refractivity contribution in [3.8, 4) is 5.75 Å². The predicted octanol–water partition coefficient (Wildman–Crippen LogP) is 3.65. The van der Waals surface area contributed by atoms with Crippen LogP contribution in [0.1, 0.15) is 16.7 Å². The van der Waals surface area contributed by atoms with Gasteiger partial charge in [0.25, 0.3) is 0 Å². The van der Waals surface area contributed by atoms with Gasteiger partial charge >= 0.3 is 0 Å². The number of amides is 3. The number of hydrogen-bond acceptors (Lipinski definition) is 5. The maximum Gasteiger partial charge on any atom is 0.250 e. The summed E-state index contributed by atoms with van der Waals surface area (Å²) in [6.07, 6.45) is 2.42. The number of para-hydroxylation sites is 1. The van der Waals surface area contributed by atoms with E-state index in [4.69, 9.17) is 4.74 Å². The smallest absolute Gasteiger partial charge is 0.250 e. The van der Waals surface area contributed by atoms with Gasteiger partial charge in [0, 0.05) is 40.5 Å². The van der Waals surface area contributed by atoms with E-state index in [1.165, 1.54) is 4.90 Å². The van der Waals surface area contributed by atoms with Crippen molar-refractivity contribution in [2.45, 2.75) is 24.9 Å². The van der Waals surface area contributed by atoms with Gasteiger partial charge in [0.15, 0.2) is 0 Å². The average molecular weight is 507 g/mol. The van der Waals surface area contributed by atoms with E-state index < -0.39 is 23.4 Å². The quantitative estimate of drug-likeness (QED) is 0.367. The molecule has 1 spiro atoms. The monoisotopic (exact) mass is 506 g/mol. The van der Waals surface area contributed by atoms with E-state index in [1.54, 1.807) is 31.4 Å². The first-order chi connectivity index (χ1) is 18.4. The SMILES string of the molecule is COc1cccc(N2C(=O)[C@H]3[C@@H](C2=O)[C@]2(N[C@@H]3Cc3c[nH]c4ccccc34)C(=O)Nc3ccc(C)cc32)c1. The van der Waals surface area contributed by atoms with E-state index >= 15 is 0 Å². The molecule has 3 N–H and O–H groups in total. The zero-order valence-corrected chi connectivity index (χ0v) is 20.9. The van der Waals surface area contributed by atoms with Crippen molar-refractivity contribution < 1.29 is 19.1 Å². The average Bonchev–Trinajstić information content (AvgIpc) is 3.63. The first-order valence-electron chi connectivity index (χ1n) is 12.7. The molecule has 4 aromatic rings. The Hall–Kier alpha value is -4.43. The van der Waals surface area contributed by atoms with Gasteiger partial charge in [-0.05, 0) is 43.2 Å². The Morgan fingerprint density at radius 2 is 1.82 bits per heavy atom. The van der Waals surface area contributed by atoms with E-state index in [0.29, 0.717) is 29.1 Å². The molecule has 38 heavy (non-hydrogen) atoms. The standard InChI is InChI=1S/C30H26N4O4/c1-16-10-11-23-21(12-16)30(29(37)32-23)26-25(24(33-30)13-17-15-31-22-9-4-3-8-20(17)22)27(35)34(28(26)36)18-6-5-7-19(14-18)38-2/h3-12,14-15,24-26,31,33H,13H2,1-2H3,(H,32,37)/t24-,25-,26+,30+/m1/s1. The molecule has 190 valence electrons. The molecule has 2 fully saturated rings. The number of aromatic amines is 1. The van der Waals surface area contributed by atoms with Crippen LogP contribution in [0.5, 0.6) is 5.75 Å². The summed E-state index contributed by atoms with van der Waals surface area (Å²) in [4.78, 5) is 46.6. The van der Waals surface area contributed by atoms with Crippen molar-refractivity contribution in [3.05, 3.63) is 89.6 Å². The number of hydrogen-bond donors (Lipinski definition) is 3. The van der Waals surface area contributed by atoms with Crippen LogP contribution < -0.4 is 20.3 Å². The normalized spacial score (nSPS) is 25.8. The van der Waals surface area contributed by atoms with Gasteiger partial charge in [0.1, 0.15) is 11.3 Å². The molecule has 4 atom stereocenters. The molecular weight excluding hydrogens is 480 g/mol. The molecule has 4 heterocycles. The summed E-state index contributed by atoms with van der Waals surface area (Å²) in [5.74, 6) is -2.06. The molecule has 2 saturated heterocycles. The van der Waals surface area contributed by atoms with Crippen LogP contribution in [0.2, 0.25) is 0 Å². The fraction of sp³-hybridized carbons (Fsp3) is 0.233. The van der Waals surface area contributed by atoms with E-state index in [-0.39, 0.29) is 17.7 Å². The highest BCUT2D eigenvalue weighted by atomic mass is 16.5. The number of imide groups is 1. The highest BCUT2D eigenvalue weighted by Gasteiger charge is 2.70. The minimum absolute atomic E-state index is 0.303.